The molecular formula is C12H27N. The first-order valence-corrected chi connectivity index (χ1v) is 5.74. The average molecular weight is 185 g/mol. The Balaban J connectivity index is 3.92. The van der Waals surface area contributed by atoms with Crippen LogP contribution in [0.25, 0.3) is 0 Å². The monoisotopic (exact) mass is 185 g/mol. The number of hydrogen-bond acceptors (Lipinski definition) is 1. The molecule has 0 aromatic rings. The fourth-order valence-electron chi connectivity index (χ4n) is 1.99. The minimum atomic E-state index is 0.314. The molecular weight excluding hydrogens is 158 g/mol. The van der Waals surface area contributed by atoms with Gasteiger partial charge in [0.15, 0.2) is 0 Å². The molecule has 0 radical (unpaired) electrons. The van der Waals surface area contributed by atoms with E-state index in [4.69, 9.17) is 0 Å². The smallest absolute Gasteiger partial charge is 0.0124 e. The Labute approximate surface area is 84.3 Å². The standard InChI is InChI=1S/C12H27N/c1-6-8-11(9-7-2)10-12(3,4)13-5/h11,13H,6-10H2,1-5H3. The zero-order valence-electron chi connectivity index (χ0n) is 10.1. The van der Waals surface area contributed by atoms with E-state index >= 15 is 0 Å². The SMILES string of the molecule is CCCC(CCC)CC(C)(C)NC. The van der Waals surface area contributed by atoms with Gasteiger partial charge in [-0.2, -0.15) is 0 Å². The summed E-state index contributed by atoms with van der Waals surface area (Å²) >= 11 is 0. The van der Waals surface area contributed by atoms with Gasteiger partial charge in [0.25, 0.3) is 0 Å². The van der Waals surface area contributed by atoms with Gasteiger partial charge in [-0.25, -0.2) is 0 Å². The first-order valence-electron chi connectivity index (χ1n) is 5.74. The van der Waals surface area contributed by atoms with E-state index in [1.54, 1.807) is 0 Å². The molecule has 0 unspecified atom stereocenters. The van der Waals surface area contributed by atoms with Gasteiger partial charge in [-0.1, -0.05) is 39.5 Å². The quantitative estimate of drug-likeness (QED) is 0.639. The van der Waals surface area contributed by atoms with Crippen LogP contribution in [-0.4, -0.2) is 12.6 Å². The molecule has 0 aliphatic rings. The lowest BCUT2D eigenvalue weighted by Crippen LogP contribution is -2.38. The maximum absolute atomic E-state index is 3.39. The van der Waals surface area contributed by atoms with E-state index in [9.17, 15) is 0 Å². The lowest BCUT2D eigenvalue weighted by molar-refractivity contribution is 0.287. The van der Waals surface area contributed by atoms with Crippen molar-refractivity contribution in [2.24, 2.45) is 5.92 Å². The molecule has 0 saturated carbocycles. The summed E-state index contributed by atoms with van der Waals surface area (Å²) in [4.78, 5) is 0. The minimum Gasteiger partial charge on any atom is -0.315 e. The first-order chi connectivity index (χ1) is 6.05. The van der Waals surface area contributed by atoms with Crippen molar-refractivity contribution in [2.45, 2.75) is 65.3 Å². The van der Waals surface area contributed by atoms with Crippen LogP contribution in [0.2, 0.25) is 0 Å². The molecule has 0 aromatic carbocycles. The van der Waals surface area contributed by atoms with E-state index in [-0.39, 0.29) is 0 Å². The van der Waals surface area contributed by atoms with Crippen LogP contribution in [0.4, 0.5) is 0 Å². The first kappa shape index (κ1) is 13.0. The van der Waals surface area contributed by atoms with E-state index in [0.717, 1.165) is 5.92 Å². The minimum absolute atomic E-state index is 0.314. The van der Waals surface area contributed by atoms with Crippen molar-refractivity contribution in [2.75, 3.05) is 7.05 Å². The van der Waals surface area contributed by atoms with Crippen LogP contribution in [0.15, 0.2) is 0 Å². The maximum Gasteiger partial charge on any atom is 0.0124 e. The van der Waals surface area contributed by atoms with Crippen molar-refractivity contribution in [3.8, 4) is 0 Å². The molecule has 80 valence electrons. The zero-order chi connectivity index (χ0) is 10.3. The van der Waals surface area contributed by atoms with Crippen LogP contribution in [0, 0.1) is 5.92 Å². The van der Waals surface area contributed by atoms with Gasteiger partial charge >= 0.3 is 0 Å². The Morgan fingerprint density at radius 2 is 1.54 bits per heavy atom. The van der Waals surface area contributed by atoms with Crippen molar-refractivity contribution in [3.63, 3.8) is 0 Å². The lowest BCUT2D eigenvalue weighted by Gasteiger charge is -2.29. The van der Waals surface area contributed by atoms with Crippen LogP contribution in [-0.2, 0) is 0 Å². The Morgan fingerprint density at radius 3 is 1.85 bits per heavy atom. The van der Waals surface area contributed by atoms with E-state index in [1.165, 1.54) is 32.1 Å². The van der Waals surface area contributed by atoms with Gasteiger partial charge in [0.2, 0.25) is 0 Å². The highest BCUT2D eigenvalue weighted by molar-refractivity contribution is 4.79. The van der Waals surface area contributed by atoms with Crippen LogP contribution >= 0.6 is 0 Å². The molecule has 0 amide bonds. The Morgan fingerprint density at radius 1 is 1.08 bits per heavy atom. The number of hydrogen-bond donors (Lipinski definition) is 1. The Kier molecular flexibility index (Phi) is 6.40. The molecule has 1 N–H and O–H groups in total. The highest BCUT2D eigenvalue weighted by Gasteiger charge is 2.20. The van der Waals surface area contributed by atoms with Crippen molar-refractivity contribution in [1.29, 1.82) is 0 Å². The molecule has 0 atom stereocenters. The van der Waals surface area contributed by atoms with Crippen molar-refractivity contribution >= 4 is 0 Å². The third-order valence-corrected chi connectivity index (χ3v) is 2.87. The van der Waals surface area contributed by atoms with Crippen LogP contribution < -0.4 is 5.32 Å². The molecule has 0 aliphatic heterocycles. The molecule has 0 aliphatic carbocycles. The topological polar surface area (TPSA) is 12.0 Å². The van der Waals surface area contributed by atoms with Crippen molar-refractivity contribution in [3.05, 3.63) is 0 Å². The second-order valence-electron chi connectivity index (χ2n) is 4.78. The summed E-state index contributed by atoms with van der Waals surface area (Å²) in [5.41, 5.74) is 0.314. The highest BCUT2D eigenvalue weighted by Crippen LogP contribution is 2.24. The summed E-state index contributed by atoms with van der Waals surface area (Å²) in [6.07, 6.45) is 6.73. The van der Waals surface area contributed by atoms with E-state index in [0.29, 0.717) is 5.54 Å². The normalized spacial score (nSPS) is 12.5. The van der Waals surface area contributed by atoms with Crippen LogP contribution in [0.5, 0.6) is 0 Å². The van der Waals surface area contributed by atoms with E-state index in [2.05, 4.69) is 40.1 Å². The average Bonchev–Trinajstić information content (AvgIpc) is 2.05. The summed E-state index contributed by atoms with van der Waals surface area (Å²) in [5.74, 6) is 0.914. The fraction of sp³-hybridized carbons (Fsp3) is 1.00. The summed E-state index contributed by atoms with van der Waals surface area (Å²) in [5, 5.41) is 3.39. The van der Waals surface area contributed by atoms with Gasteiger partial charge in [0, 0.05) is 5.54 Å². The van der Waals surface area contributed by atoms with Gasteiger partial charge in [0.05, 0.1) is 0 Å². The molecule has 0 rings (SSSR count). The van der Waals surface area contributed by atoms with Gasteiger partial charge in [-0.15, -0.1) is 0 Å². The largest absolute Gasteiger partial charge is 0.315 e. The highest BCUT2D eigenvalue weighted by atomic mass is 14.9. The fourth-order valence-corrected chi connectivity index (χ4v) is 1.99. The predicted octanol–water partition coefficient (Wildman–Crippen LogP) is 3.59. The second kappa shape index (κ2) is 6.42. The van der Waals surface area contributed by atoms with E-state index in [1.807, 2.05) is 0 Å². The molecule has 0 spiro atoms. The summed E-state index contributed by atoms with van der Waals surface area (Å²) in [6.45, 7) is 9.17. The Hall–Kier alpha value is -0.0400. The van der Waals surface area contributed by atoms with Gasteiger partial charge < -0.3 is 5.32 Å². The third kappa shape index (κ3) is 6.09. The predicted molar refractivity (Wildman–Crippen MR) is 61.1 cm³/mol. The van der Waals surface area contributed by atoms with Gasteiger partial charge in [0.1, 0.15) is 0 Å². The van der Waals surface area contributed by atoms with Crippen LogP contribution in [0.1, 0.15) is 59.8 Å². The second-order valence-corrected chi connectivity index (χ2v) is 4.78. The molecule has 1 nitrogen and oxygen atoms in total. The van der Waals surface area contributed by atoms with E-state index < -0.39 is 0 Å². The molecule has 0 fully saturated rings. The molecule has 0 aromatic heterocycles. The third-order valence-electron chi connectivity index (χ3n) is 2.87. The summed E-state index contributed by atoms with van der Waals surface area (Å²) in [6, 6.07) is 0. The lowest BCUT2D eigenvalue weighted by atomic mass is 9.85. The Bertz CT molecular complexity index is 112. The number of nitrogens with one attached hydrogen (secondary N) is 1. The maximum atomic E-state index is 3.39. The molecule has 0 bridgehead atoms. The summed E-state index contributed by atoms with van der Waals surface area (Å²) in [7, 11) is 2.06. The molecule has 0 saturated heterocycles. The van der Waals surface area contributed by atoms with Gasteiger partial charge in [-0.3, -0.25) is 0 Å². The van der Waals surface area contributed by atoms with Crippen molar-refractivity contribution < 1.29 is 0 Å². The summed E-state index contributed by atoms with van der Waals surface area (Å²) < 4.78 is 0. The zero-order valence-corrected chi connectivity index (χ0v) is 10.1. The number of rotatable bonds is 7. The van der Waals surface area contributed by atoms with Gasteiger partial charge in [-0.05, 0) is 33.2 Å². The molecule has 13 heavy (non-hydrogen) atoms. The van der Waals surface area contributed by atoms with Crippen molar-refractivity contribution in [1.82, 2.24) is 5.32 Å². The molecule has 0 heterocycles. The van der Waals surface area contributed by atoms with Crippen LogP contribution in [0.3, 0.4) is 0 Å². The molecule has 1 heteroatoms.